The first kappa shape index (κ1) is 15.1. The molecule has 1 fully saturated rings. The molecule has 0 spiro atoms. The number of nitrogens with zero attached hydrogens (tertiary/aromatic N) is 2. The van der Waals surface area contributed by atoms with Crippen LogP contribution in [-0.4, -0.2) is 52.5 Å². The van der Waals surface area contributed by atoms with Gasteiger partial charge in [0.25, 0.3) is 5.91 Å². The molecule has 5 nitrogen and oxygen atoms in total. The van der Waals surface area contributed by atoms with Gasteiger partial charge in [-0.05, 0) is 19.1 Å². The SMILES string of the molecule is CCOC(=O)C1CSCCN1C(=O)c1cc(Cl)ccn1. The molecule has 1 atom stereocenters. The Balaban J connectivity index is 2.19. The molecule has 2 rings (SSSR count). The first-order valence-electron chi connectivity index (χ1n) is 6.30. The van der Waals surface area contributed by atoms with Crippen molar-refractivity contribution < 1.29 is 14.3 Å². The van der Waals surface area contributed by atoms with Crippen LogP contribution in [0.4, 0.5) is 0 Å². The molecule has 2 heterocycles. The lowest BCUT2D eigenvalue weighted by molar-refractivity contribution is -0.147. The Morgan fingerprint density at radius 1 is 1.60 bits per heavy atom. The first-order valence-corrected chi connectivity index (χ1v) is 7.83. The number of hydrogen-bond acceptors (Lipinski definition) is 5. The largest absolute Gasteiger partial charge is 0.464 e. The predicted octanol–water partition coefficient (Wildman–Crippen LogP) is 1.86. The summed E-state index contributed by atoms with van der Waals surface area (Å²) in [5.74, 6) is 0.689. The second-order valence-electron chi connectivity index (χ2n) is 4.20. The number of amides is 1. The number of aromatic nitrogens is 1. The number of carbonyl (C=O) groups is 2. The summed E-state index contributed by atoms with van der Waals surface area (Å²) in [6, 6.07) is 2.56. The Morgan fingerprint density at radius 2 is 2.40 bits per heavy atom. The van der Waals surface area contributed by atoms with Crippen molar-refractivity contribution in [1.82, 2.24) is 9.88 Å². The summed E-state index contributed by atoms with van der Waals surface area (Å²) in [5, 5.41) is 0.447. The van der Waals surface area contributed by atoms with Gasteiger partial charge in [-0.15, -0.1) is 0 Å². The molecule has 20 heavy (non-hydrogen) atoms. The molecule has 1 unspecified atom stereocenters. The lowest BCUT2D eigenvalue weighted by Gasteiger charge is -2.33. The molecule has 1 aliphatic heterocycles. The fourth-order valence-corrected chi connectivity index (χ4v) is 3.14. The van der Waals surface area contributed by atoms with E-state index in [-0.39, 0.29) is 17.6 Å². The quantitative estimate of drug-likeness (QED) is 0.797. The van der Waals surface area contributed by atoms with Gasteiger partial charge < -0.3 is 9.64 Å². The Labute approximate surface area is 126 Å². The number of thioether (sulfide) groups is 1. The van der Waals surface area contributed by atoms with Gasteiger partial charge in [0.15, 0.2) is 0 Å². The van der Waals surface area contributed by atoms with Crippen molar-refractivity contribution in [2.75, 3.05) is 24.7 Å². The number of rotatable bonds is 3. The Kier molecular flexibility index (Phi) is 5.25. The van der Waals surface area contributed by atoms with Crippen LogP contribution in [0.2, 0.25) is 5.02 Å². The van der Waals surface area contributed by atoms with Gasteiger partial charge in [0.1, 0.15) is 11.7 Å². The average molecular weight is 315 g/mol. The van der Waals surface area contributed by atoms with Crippen molar-refractivity contribution in [1.29, 1.82) is 0 Å². The number of ether oxygens (including phenoxy) is 1. The van der Waals surface area contributed by atoms with Crippen molar-refractivity contribution in [2.24, 2.45) is 0 Å². The zero-order valence-corrected chi connectivity index (χ0v) is 12.6. The van der Waals surface area contributed by atoms with E-state index >= 15 is 0 Å². The van der Waals surface area contributed by atoms with E-state index in [9.17, 15) is 9.59 Å². The molecule has 1 saturated heterocycles. The van der Waals surface area contributed by atoms with Crippen LogP contribution in [0, 0.1) is 0 Å². The summed E-state index contributed by atoms with van der Waals surface area (Å²) in [6.45, 7) is 2.55. The summed E-state index contributed by atoms with van der Waals surface area (Å²) in [5.41, 5.74) is 0.249. The number of carbonyl (C=O) groups excluding carboxylic acids is 2. The van der Waals surface area contributed by atoms with Gasteiger partial charge in [0, 0.05) is 29.3 Å². The van der Waals surface area contributed by atoms with Crippen molar-refractivity contribution >= 4 is 35.2 Å². The molecule has 0 aromatic carbocycles. The van der Waals surface area contributed by atoms with E-state index in [2.05, 4.69) is 4.98 Å². The van der Waals surface area contributed by atoms with E-state index < -0.39 is 6.04 Å². The number of hydrogen-bond donors (Lipinski definition) is 0. The minimum absolute atomic E-state index is 0.249. The van der Waals surface area contributed by atoms with Crippen LogP contribution in [0.25, 0.3) is 0 Å². The monoisotopic (exact) mass is 314 g/mol. The van der Waals surface area contributed by atoms with Gasteiger partial charge in [-0.2, -0.15) is 11.8 Å². The summed E-state index contributed by atoms with van der Waals surface area (Å²) in [4.78, 5) is 29.9. The molecule has 0 N–H and O–H groups in total. The number of esters is 1. The maximum atomic E-state index is 12.5. The van der Waals surface area contributed by atoms with Gasteiger partial charge >= 0.3 is 5.97 Å². The van der Waals surface area contributed by atoms with E-state index in [1.807, 2.05) is 0 Å². The Morgan fingerprint density at radius 3 is 3.10 bits per heavy atom. The van der Waals surface area contributed by atoms with Gasteiger partial charge in [-0.3, -0.25) is 9.78 Å². The third kappa shape index (κ3) is 3.43. The van der Waals surface area contributed by atoms with Gasteiger partial charge in [0.2, 0.25) is 0 Å². The third-order valence-corrected chi connectivity index (χ3v) is 4.15. The average Bonchev–Trinajstić information content (AvgIpc) is 2.47. The highest BCUT2D eigenvalue weighted by Crippen LogP contribution is 2.20. The van der Waals surface area contributed by atoms with Crippen LogP contribution < -0.4 is 0 Å². The van der Waals surface area contributed by atoms with Crippen LogP contribution >= 0.6 is 23.4 Å². The fraction of sp³-hybridized carbons (Fsp3) is 0.462. The van der Waals surface area contributed by atoms with Gasteiger partial charge in [0.05, 0.1) is 6.61 Å². The molecule has 7 heteroatoms. The lowest BCUT2D eigenvalue weighted by atomic mass is 10.2. The van der Waals surface area contributed by atoms with Crippen LogP contribution in [0.5, 0.6) is 0 Å². The highest BCUT2D eigenvalue weighted by molar-refractivity contribution is 7.99. The first-order chi connectivity index (χ1) is 9.63. The summed E-state index contributed by atoms with van der Waals surface area (Å²) in [6.07, 6.45) is 1.48. The topological polar surface area (TPSA) is 59.5 Å². The zero-order valence-electron chi connectivity index (χ0n) is 11.0. The maximum Gasteiger partial charge on any atom is 0.329 e. The van der Waals surface area contributed by atoms with E-state index in [1.54, 1.807) is 24.8 Å². The summed E-state index contributed by atoms with van der Waals surface area (Å²) in [7, 11) is 0. The van der Waals surface area contributed by atoms with Crippen LogP contribution in [0.1, 0.15) is 17.4 Å². The maximum absolute atomic E-state index is 12.5. The van der Waals surface area contributed by atoms with Crippen molar-refractivity contribution in [3.05, 3.63) is 29.0 Å². The molecule has 1 aromatic heterocycles. The smallest absolute Gasteiger partial charge is 0.329 e. The molecule has 1 aliphatic rings. The molecule has 108 valence electrons. The molecule has 1 amide bonds. The minimum atomic E-state index is -0.554. The fourth-order valence-electron chi connectivity index (χ4n) is 1.95. The second-order valence-corrected chi connectivity index (χ2v) is 5.79. The van der Waals surface area contributed by atoms with E-state index in [0.717, 1.165) is 5.75 Å². The third-order valence-electron chi connectivity index (χ3n) is 2.89. The van der Waals surface area contributed by atoms with E-state index in [4.69, 9.17) is 16.3 Å². The van der Waals surface area contributed by atoms with E-state index in [0.29, 0.717) is 23.9 Å². The number of pyridine rings is 1. The summed E-state index contributed by atoms with van der Waals surface area (Å²) < 4.78 is 5.03. The van der Waals surface area contributed by atoms with Crippen molar-refractivity contribution in [2.45, 2.75) is 13.0 Å². The zero-order chi connectivity index (χ0) is 14.5. The van der Waals surface area contributed by atoms with Crippen LogP contribution in [-0.2, 0) is 9.53 Å². The van der Waals surface area contributed by atoms with Gasteiger partial charge in [-0.1, -0.05) is 11.6 Å². The normalized spacial score (nSPS) is 18.7. The molecule has 1 aromatic rings. The van der Waals surface area contributed by atoms with Crippen molar-refractivity contribution in [3.8, 4) is 0 Å². The predicted molar refractivity (Wildman–Crippen MR) is 78.0 cm³/mol. The summed E-state index contributed by atoms with van der Waals surface area (Å²) >= 11 is 7.51. The highest BCUT2D eigenvalue weighted by atomic mass is 35.5. The van der Waals surface area contributed by atoms with Crippen LogP contribution in [0.15, 0.2) is 18.3 Å². The molecular weight excluding hydrogens is 300 g/mol. The van der Waals surface area contributed by atoms with Crippen LogP contribution in [0.3, 0.4) is 0 Å². The molecule has 0 radical (unpaired) electrons. The highest BCUT2D eigenvalue weighted by Gasteiger charge is 2.34. The molecule has 0 saturated carbocycles. The van der Waals surface area contributed by atoms with Crippen molar-refractivity contribution in [3.63, 3.8) is 0 Å². The minimum Gasteiger partial charge on any atom is -0.464 e. The van der Waals surface area contributed by atoms with E-state index in [1.165, 1.54) is 17.2 Å². The second kappa shape index (κ2) is 6.95. The Hall–Kier alpha value is -1.27. The molecular formula is C13H15ClN2O3S. The molecule has 0 bridgehead atoms. The Bertz CT molecular complexity index is 512. The number of halogens is 1. The lowest BCUT2D eigenvalue weighted by Crippen LogP contribution is -2.51. The standard InChI is InChI=1S/C13H15ClN2O3S/c1-2-19-13(18)11-8-20-6-5-16(11)12(17)10-7-9(14)3-4-15-10/h3-4,7,11H,2,5-6,8H2,1H3. The van der Waals surface area contributed by atoms with Gasteiger partial charge in [-0.25, -0.2) is 4.79 Å². The molecule has 0 aliphatic carbocycles.